The van der Waals surface area contributed by atoms with Gasteiger partial charge < -0.3 is 5.32 Å². The summed E-state index contributed by atoms with van der Waals surface area (Å²) in [6.45, 7) is 5.45. The maximum atomic E-state index is 11.9. The van der Waals surface area contributed by atoms with E-state index < -0.39 is 10.0 Å². The van der Waals surface area contributed by atoms with Crippen LogP contribution >= 0.6 is 0 Å². The first kappa shape index (κ1) is 19.6. The molecular weight excluding hydrogens is 312 g/mol. The Morgan fingerprint density at radius 2 is 1.83 bits per heavy atom. The predicted octanol–water partition coefficient (Wildman–Crippen LogP) is 2.04. The number of carbonyl (C=O) groups is 1. The van der Waals surface area contributed by atoms with Crippen molar-refractivity contribution >= 4 is 15.9 Å². The van der Waals surface area contributed by atoms with Crippen molar-refractivity contribution in [3.05, 3.63) is 35.9 Å². The second-order valence-corrected chi connectivity index (χ2v) is 8.16. The van der Waals surface area contributed by atoms with Crippen molar-refractivity contribution in [3.8, 4) is 0 Å². The molecule has 23 heavy (non-hydrogen) atoms. The van der Waals surface area contributed by atoms with Crippen LogP contribution in [0.5, 0.6) is 0 Å². The highest BCUT2D eigenvalue weighted by molar-refractivity contribution is 7.88. The van der Waals surface area contributed by atoms with E-state index in [-0.39, 0.29) is 18.9 Å². The molecule has 0 bridgehead atoms. The third-order valence-corrected chi connectivity index (χ3v) is 4.90. The van der Waals surface area contributed by atoms with Gasteiger partial charge in [0.1, 0.15) is 0 Å². The quantitative estimate of drug-likeness (QED) is 0.709. The van der Waals surface area contributed by atoms with Crippen LogP contribution in [0.2, 0.25) is 0 Å². The second kappa shape index (κ2) is 9.67. The fourth-order valence-electron chi connectivity index (χ4n) is 2.16. The molecule has 130 valence electrons. The van der Waals surface area contributed by atoms with Crippen molar-refractivity contribution in [1.29, 1.82) is 0 Å². The Hall–Kier alpha value is -1.40. The molecule has 0 heterocycles. The monoisotopic (exact) mass is 340 g/mol. The minimum atomic E-state index is -3.31. The number of benzene rings is 1. The average molecular weight is 340 g/mol. The van der Waals surface area contributed by atoms with Gasteiger partial charge in [0.2, 0.25) is 15.9 Å². The maximum Gasteiger partial charge on any atom is 0.221 e. The van der Waals surface area contributed by atoms with Gasteiger partial charge in [-0.1, -0.05) is 44.2 Å². The van der Waals surface area contributed by atoms with Gasteiger partial charge in [0.25, 0.3) is 0 Å². The molecule has 6 heteroatoms. The summed E-state index contributed by atoms with van der Waals surface area (Å²) >= 11 is 0. The predicted molar refractivity (Wildman–Crippen MR) is 93.6 cm³/mol. The molecule has 1 amide bonds. The summed E-state index contributed by atoms with van der Waals surface area (Å²) in [6.07, 6.45) is 2.95. The first-order chi connectivity index (χ1) is 10.8. The Balaban J connectivity index is 2.44. The van der Waals surface area contributed by atoms with E-state index in [1.807, 2.05) is 30.3 Å². The maximum absolute atomic E-state index is 11.9. The number of hydrogen-bond donors (Lipinski definition) is 1. The summed E-state index contributed by atoms with van der Waals surface area (Å²) in [6, 6.07) is 9.74. The normalized spacial score (nSPS) is 11.9. The van der Waals surface area contributed by atoms with E-state index >= 15 is 0 Å². The van der Waals surface area contributed by atoms with Gasteiger partial charge in [-0.2, -0.15) is 0 Å². The van der Waals surface area contributed by atoms with Crippen molar-refractivity contribution in [3.63, 3.8) is 0 Å². The lowest BCUT2D eigenvalue weighted by Crippen LogP contribution is -2.36. The smallest absolute Gasteiger partial charge is 0.221 e. The lowest BCUT2D eigenvalue weighted by molar-refractivity contribution is -0.121. The second-order valence-electron chi connectivity index (χ2n) is 6.18. The molecule has 0 aliphatic carbocycles. The van der Waals surface area contributed by atoms with Crippen LogP contribution in [0.4, 0.5) is 0 Å². The SMILES string of the molecule is CC(C)CCNC(=O)CCN(CCc1ccccc1)S(C)(=O)=O. The van der Waals surface area contributed by atoms with E-state index in [1.165, 1.54) is 10.6 Å². The molecule has 1 N–H and O–H groups in total. The number of hydrogen-bond acceptors (Lipinski definition) is 3. The van der Waals surface area contributed by atoms with Gasteiger partial charge in [-0.15, -0.1) is 0 Å². The Morgan fingerprint density at radius 1 is 1.17 bits per heavy atom. The summed E-state index contributed by atoms with van der Waals surface area (Å²) in [4.78, 5) is 11.8. The van der Waals surface area contributed by atoms with E-state index in [4.69, 9.17) is 0 Å². The molecule has 5 nitrogen and oxygen atoms in total. The molecule has 0 radical (unpaired) electrons. The van der Waals surface area contributed by atoms with E-state index in [9.17, 15) is 13.2 Å². The Morgan fingerprint density at radius 3 is 2.39 bits per heavy atom. The highest BCUT2D eigenvalue weighted by Gasteiger charge is 2.17. The standard InChI is InChI=1S/C17H28N2O3S/c1-15(2)9-12-18-17(20)11-14-19(23(3,21)22)13-10-16-7-5-4-6-8-16/h4-8,15H,9-14H2,1-3H3,(H,18,20). The number of nitrogens with zero attached hydrogens (tertiary/aromatic N) is 1. The summed E-state index contributed by atoms with van der Waals surface area (Å²) in [5.41, 5.74) is 1.09. The van der Waals surface area contributed by atoms with Crippen LogP contribution < -0.4 is 5.32 Å². The summed E-state index contributed by atoms with van der Waals surface area (Å²) in [5, 5.41) is 2.83. The molecule has 1 aromatic rings. The van der Waals surface area contributed by atoms with Crippen LogP contribution in [0, 0.1) is 5.92 Å². The minimum absolute atomic E-state index is 0.0981. The lowest BCUT2D eigenvalue weighted by Gasteiger charge is -2.19. The zero-order valence-electron chi connectivity index (χ0n) is 14.3. The number of nitrogens with one attached hydrogen (secondary N) is 1. The first-order valence-corrected chi connectivity index (χ1v) is 9.89. The largest absolute Gasteiger partial charge is 0.356 e. The number of carbonyl (C=O) groups excluding carboxylic acids is 1. The van der Waals surface area contributed by atoms with Crippen molar-refractivity contribution in [2.75, 3.05) is 25.9 Å². The van der Waals surface area contributed by atoms with E-state index in [0.29, 0.717) is 25.4 Å². The molecule has 0 saturated heterocycles. The van der Waals surface area contributed by atoms with Gasteiger partial charge in [0.05, 0.1) is 6.26 Å². The van der Waals surface area contributed by atoms with Crippen LogP contribution in [0.1, 0.15) is 32.3 Å². The summed E-state index contributed by atoms with van der Waals surface area (Å²) in [5.74, 6) is 0.438. The molecule has 0 fully saturated rings. The first-order valence-electron chi connectivity index (χ1n) is 8.05. The summed E-state index contributed by atoms with van der Waals surface area (Å²) < 4.78 is 25.1. The Bertz CT molecular complexity index is 571. The average Bonchev–Trinajstić information content (AvgIpc) is 2.46. The summed E-state index contributed by atoms with van der Waals surface area (Å²) in [7, 11) is -3.31. The third kappa shape index (κ3) is 8.71. The topological polar surface area (TPSA) is 66.5 Å². The molecule has 0 aliphatic heterocycles. The molecule has 0 aliphatic rings. The number of rotatable bonds is 10. The molecule has 1 rings (SSSR count). The van der Waals surface area contributed by atoms with Crippen molar-refractivity contribution in [2.45, 2.75) is 33.1 Å². The van der Waals surface area contributed by atoms with Crippen LogP contribution in [0.3, 0.4) is 0 Å². The fraction of sp³-hybridized carbons (Fsp3) is 0.588. The molecular formula is C17H28N2O3S. The zero-order valence-corrected chi connectivity index (χ0v) is 15.1. The molecule has 0 aromatic heterocycles. The number of amides is 1. The molecule has 0 saturated carbocycles. The van der Waals surface area contributed by atoms with E-state index in [0.717, 1.165) is 12.0 Å². The van der Waals surface area contributed by atoms with Gasteiger partial charge in [0.15, 0.2) is 0 Å². The van der Waals surface area contributed by atoms with Crippen LogP contribution in [-0.4, -0.2) is 44.5 Å². The fourth-order valence-corrected chi connectivity index (χ4v) is 3.00. The molecule has 1 aromatic carbocycles. The highest BCUT2D eigenvalue weighted by atomic mass is 32.2. The van der Waals surface area contributed by atoms with Crippen LogP contribution in [0.25, 0.3) is 0 Å². The Kier molecular flexibility index (Phi) is 8.26. The van der Waals surface area contributed by atoms with E-state index in [2.05, 4.69) is 19.2 Å². The van der Waals surface area contributed by atoms with Crippen molar-refractivity contribution < 1.29 is 13.2 Å². The molecule has 0 atom stereocenters. The highest BCUT2D eigenvalue weighted by Crippen LogP contribution is 2.06. The van der Waals surface area contributed by atoms with Crippen molar-refractivity contribution in [1.82, 2.24) is 9.62 Å². The van der Waals surface area contributed by atoms with Gasteiger partial charge >= 0.3 is 0 Å². The third-order valence-electron chi connectivity index (χ3n) is 3.59. The van der Waals surface area contributed by atoms with E-state index in [1.54, 1.807) is 0 Å². The lowest BCUT2D eigenvalue weighted by atomic mass is 10.1. The van der Waals surface area contributed by atoms with Gasteiger partial charge in [-0.25, -0.2) is 12.7 Å². The molecule has 0 unspecified atom stereocenters. The van der Waals surface area contributed by atoms with Gasteiger partial charge in [0, 0.05) is 26.1 Å². The van der Waals surface area contributed by atoms with Gasteiger partial charge in [-0.05, 0) is 24.3 Å². The van der Waals surface area contributed by atoms with Crippen LogP contribution in [-0.2, 0) is 21.2 Å². The van der Waals surface area contributed by atoms with Crippen molar-refractivity contribution in [2.24, 2.45) is 5.92 Å². The van der Waals surface area contributed by atoms with Crippen LogP contribution in [0.15, 0.2) is 30.3 Å². The Labute approximate surface area is 140 Å². The zero-order chi connectivity index (χ0) is 17.3. The molecule has 0 spiro atoms. The number of sulfonamides is 1. The van der Waals surface area contributed by atoms with Gasteiger partial charge in [-0.3, -0.25) is 4.79 Å². The minimum Gasteiger partial charge on any atom is -0.356 e.